The quantitative estimate of drug-likeness (QED) is 0.843. The van der Waals surface area contributed by atoms with Crippen LogP contribution in [0.3, 0.4) is 0 Å². The normalized spacial score (nSPS) is 20.1. The molecule has 1 aliphatic heterocycles. The Kier molecular flexibility index (Phi) is 3.52. The minimum atomic E-state index is 0.337. The Hall–Kier alpha value is -1.76. The molecule has 7 nitrogen and oxygen atoms in total. The molecule has 0 spiro atoms. The van der Waals surface area contributed by atoms with E-state index in [9.17, 15) is 0 Å². The van der Waals surface area contributed by atoms with Crippen LogP contribution in [-0.2, 0) is 6.54 Å². The molecule has 2 aromatic heterocycles. The van der Waals surface area contributed by atoms with Crippen molar-refractivity contribution in [1.82, 2.24) is 29.8 Å². The number of aryl methyl sites for hydroxylation is 1. The Morgan fingerprint density at radius 2 is 2.30 bits per heavy atom. The van der Waals surface area contributed by atoms with Crippen LogP contribution >= 0.6 is 0 Å². The third kappa shape index (κ3) is 2.58. The van der Waals surface area contributed by atoms with Gasteiger partial charge in [0.15, 0.2) is 5.82 Å². The summed E-state index contributed by atoms with van der Waals surface area (Å²) in [5.74, 6) is 2.82. The maximum atomic E-state index is 5.27. The standard InChI is InChI=1S/C13H20N6O/c1-9(2)19-12(14-8-15-19)7-18-5-4-11(6-18)13-16-10(3)17-20-13/h8-9,11H,4-7H2,1-3H3/t11-/m0/s1. The molecule has 1 fully saturated rings. The van der Waals surface area contributed by atoms with Crippen molar-refractivity contribution in [2.75, 3.05) is 13.1 Å². The molecule has 0 N–H and O–H groups in total. The molecule has 7 heteroatoms. The van der Waals surface area contributed by atoms with E-state index in [1.165, 1.54) is 0 Å². The molecule has 1 aliphatic rings. The Morgan fingerprint density at radius 1 is 1.45 bits per heavy atom. The van der Waals surface area contributed by atoms with E-state index in [1.807, 2.05) is 11.6 Å². The molecule has 0 saturated carbocycles. The summed E-state index contributed by atoms with van der Waals surface area (Å²) in [4.78, 5) is 11.1. The Morgan fingerprint density at radius 3 is 3.00 bits per heavy atom. The molecule has 1 atom stereocenters. The average molecular weight is 276 g/mol. The third-order valence-corrected chi connectivity index (χ3v) is 3.67. The molecule has 3 heterocycles. The van der Waals surface area contributed by atoms with Gasteiger partial charge in [0.1, 0.15) is 12.2 Å². The van der Waals surface area contributed by atoms with E-state index in [4.69, 9.17) is 4.52 Å². The maximum Gasteiger partial charge on any atom is 0.231 e. The average Bonchev–Trinajstić information content (AvgIpc) is 3.09. The first kappa shape index (κ1) is 13.2. The van der Waals surface area contributed by atoms with Crippen molar-refractivity contribution in [3.8, 4) is 0 Å². The van der Waals surface area contributed by atoms with E-state index < -0.39 is 0 Å². The summed E-state index contributed by atoms with van der Waals surface area (Å²) in [5.41, 5.74) is 0. The molecule has 0 unspecified atom stereocenters. The summed E-state index contributed by atoms with van der Waals surface area (Å²) >= 11 is 0. The van der Waals surface area contributed by atoms with Crippen molar-refractivity contribution in [2.24, 2.45) is 0 Å². The summed E-state index contributed by atoms with van der Waals surface area (Å²) in [7, 11) is 0. The summed E-state index contributed by atoms with van der Waals surface area (Å²) < 4.78 is 7.25. The molecule has 0 bridgehead atoms. The summed E-state index contributed by atoms with van der Waals surface area (Å²) in [6, 6.07) is 0.337. The van der Waals surface area contributed by atoms with Crippen molar-refractivity contribution in [3.63, 3.8) is 0 Å². The maximum absolute atomic E-state index is 5.27. The fourth-order valence-electron chi connectivity index (χ4n) is 2.68. The van der Waals surface area contributed by atoms with Gasteiger partial charge in [-0.05, 0) is 33.7 Å². The van der Waals surface area contributed by atoms with Crippen LogP contribution in [0.25, 0.3) is 0 Å². The predicted octanol–water partition coefficient (Wildman–Crippen LogP) is 1.54. The Bertz CT molecular complexity index is 575. The van der Waals surface area contributed by atoms with Crippen molar-refractivity contribution in [1.29, 1.82) is 0 Å². The summed E-state index contributed by atoms with van der Waals surface area (Å²) in [6.07, 6.45) is 2.68. The number of nitrogens with zero attached hydrogens (tertiary/aromatic N) is 6. The van der Waals surface area contributed by atoms with Crippen molar-refractivity contribution >= 4 is 0 Å². The first-order chi connectivity index (χ1) is 9.63. The van der Waals surface area contributed by atoms with Gasteiger partial charge in [0, 0.05) is 12.6 Å². The van der Waals surface area contributed by atoms with Crippen molar-refractivity contribution in [3.05, 3.63) is 23.9 Å². The number of likely N-dealkylation sites (tertiary alicyclic amines) is 1. The lowest BCUT2D eigenvalue weighted by atomic mass is 10.1. The van der Waals surface area contributed by atoms with Crippen LogP contribution in [-0.4, -0.2) is 42.9 Å². The number of hydrogen-bond donors (Lipinski definition) is 0. The van der Waals surface area contributed by atoms with Crippen molar-refractivity contribution in [2.45, 2.75) is 45.7 Å². The molecule has 3 rings (SSSR count). The second-order valence-corrected chi connectivity index (χ2v) is 5.62. The van der Waals surface area contributed by atoms with Crippen LogP contribution in [0, 0.1) is 6.92 Å². The van der Waals surface area contributed by atoms with Gasteiger partial charge in [-0.25, -0.2) is 9.67 Å². The van der Waals surface area contributed by atoms with Gasteiger partial charge >= 0.3 is 0 Å². The monoisotopic (exact) mass is 276 g/mol. The Balaban J connectivity index is 1.64. The van der Waals surface area contributed by atoms with Crippen molar-refractivity contribution < 1.29 is 4.52 Å². The zero-order valence-corrected chi connectivity index (χ0v) is 12.2. The van der Waals surface area contributed by atoms with Gasteiger partial charge < -0.3 is 4.52 Å². The van der Waals surface area contributed by atoms with Gasteiger partial charge in [-0.15, -0.1) is 0 Å². The van der Waals surface area contributed by atoms with Crippen LogP contribution in [0.4, 0.5) is 0 Å². The van der Waals surface area contributed by atoms with Crippen LogP contribution in [0.5, 0.6) is 0 Å². The van der Waals surface area contributed by atoms with Gasteiger partial charge in [0.25, 0.3) is 0 Å². The molecule has 0 radical (unpaired) electrons. The second-order valence-electron chi connectivity index (χ2n) is 5.62. The van der Waals surface area contributed by atoms with E-state index in [2.05, 4.69) is 39.0 Å². The van der Waals surface area contributed by atoms with Gasteiger partial charge in [0.05, 0.1) is 12.5 Å². The molecular formula is C13H20N6O. The highest BCUT2D eigenvalue weighted by Gasteiger charge is 2.28. The largest absolute Gasteiger partial charge is 0.339 e. The first-order valence-electron chi connectivity index (χ1n) is 7.04. The molecule has 20 heavy (non-hydrogen) atoms. The number of rotatable bonds is 4. The zero-order chi connectivity index (χ0) is 14.1. The fraction of sp³-hybridized carbons (Fsp3) is 0.692. The van der Waals surface area contributed by atoms with Crippen LogP contribution in [0.15, 0.2) is 10.9 Å². The van der Waals surface area contributed by atoms with E-state index in [-0.39, 0.29) is 0 Å². The highest BCUT2D eigenvalue weighted by atomic mass is 16.5. The third-order valence-electron chi connectivity index (χ3n) is 3.67. The minimum absolute atomic E-state index is 0.337. The molecule has 0 amide bonds. The topological polar surface area (TPSA) is 72.9 Å². The lowest BCUT2D eigenvalue weighted by Gasteiger charge is -2.16. The first-order valence-corrected chi connectivity index (χ1v) is 7.04. The molecule has 0 aliphatic carbocycles. The molecule has 1 saturated heterocycles. The predicted molar refractivity (Wildman–Crippen MR) is 72.1 cm³/mol. The minimum Gasteiger partial charge on any atom is -0.339 e. The van der Waals surface area contributed by atoms with Crippen LogP contribution < -0.4 is 0 Å². The lowest BCUT2D eigenvalue weighted by molar-refractivity contribution is 0.293. The highest BCUT2D eigenvalue weighted by molar-refractivity contribution is 4.99. The smallest absolute Gasteiger partial charge is 0.231 e. The van der Waals surface area contributed by atoms with E-state index >= 15 is 0 Å². The van der Waals surface area contributed by atoms with Gasteiger partial charge in [-0.2, -0.15) is 10.1 Å². The highest BCUT2D eigenvalue weighted by Crippen LogP contribution is 2.26. The zero-order valence-electron chi connectivity index (χ0n) is 12.2. The number of aromatic nitrogens is 5. The summed E-state index contributed by atoms with van der Waals surface area (Å²) in [6.45, 7) is 8.87. The lowest BCUT2D eigenvalue weighted by Crippen LogP contribution is -2.23. The number of hydrogen-bond acceptors (Lipinski definition) is 6. The molecular weight excluding hydrogens is 256 g/mol. The van der Waals surface area contributed by atoms with E-state index in [0.29, 0.717) is 17.8 Å². The van der Waals surface area contributed by atoms with Gasteiger partial charge in [-0.3, -0.25) is 4.90 Å². The van der Waals surface area contributed by atoms with Crippen LogP contribution in [0.2, 0.25) is 0 Å². The SMILES string of the molecule is Cc1noc([C@H]2CCN(Cc3ncnn3C(C)C)C2)n1. The van der Waals surface area contributed by atoms with Gasteiger partial charge in [0.2, 0.25) is 5.89 Å². The van der Waals surface area contributed by atoms with Crippen LogP contribution in [0.1, 0.15) is 49.8 Å². The second kappa shape index (κ2) is 5.32. The molecule has 2 aromatic rings. The fourth-order valence-corrected chi connectivity index (χ4v) is 2.68. The van der Waals surface area contributed by atoms with Gasteiger partial charge in [-0.1, -0.05) is 5.16 Å². The van der Waals surface area contributed by atoms with E-state index in [1.54, 1.807) is 6.33 Å². The molecule has 108 valence electrons. The molecule has 0 aromatic carbocycles. The Labute approximate surface area is 118 Å². The summed E-state index contributed by atoms with van der Waals surface area (Å²) in [5, 5.41) is 8.14. The van der Waals surface area contributed by atoms with E-state index in [0.717, 1.165) is 37.8 Å².